The molecule has 6 heteroatoms. The Bertz CT molecular complexity index is 970. The van der Waals surface area contributed by atoms with E-state index in [4.69, 9.17) is 0 Å². The lowest BCUT2D eigenvalue weighted by atomic mass is 10.1. The van der Waals surface area contributed by atoms with E-state index in [2.05, 4.69) is 4.42 Å². The van der Waals surface area contributed by atoms with Crippen LogP contribution in [-0.2, 0) is 6.54 Å². The van der Waals surface area contributed by atoms with Crippen molar-refractivity contribution in [3.8, 4) is 0 Å². The number of nitrogens with zero attached hydrogens (tertiary/aromatic N) is 1. The molecule has 22 heavy (non-hydrogen) atoms. The van der Waals surface area contributed by atoms with Gasteiger partial charge in [-0.3, -0.25) is 9.36 Å². The summed E-state index contributed by atoms with van der Waals surface area (Å²) in [6.07, 6.45) is 0. The Morgan fingerprint density at radius 3 is 2.45 bits per heavy atom. The van der Waals surface area contributed by atoms with Crippen LogP contribution in [0.25, 0.3) is 10.9 Å². The molecule has 0 saturated carbocycles. The molecule has 0 unspecified atom stereocenters. The maximum absolute atomic E-state index is 12.9. The highest BCUT2D eigenvalue weighted by Crippen LogP contribution is 2.10. The highest BCUT2D eigenvalue weighted by molar-refractivity contribution is 5.96. The van der Waals surface area contributed by atoms with Crippen molar-refractivity contribution >= 4 is 16.7 Å². The largest absolute Gasteiger partial charge is 0.422 e. The summed E-state index contributed by atoms with van der Waals surface area (Å²) in [7, 11) is 0. The lowest BCUT2D eigenvalue weighted by molar-refractivity contribution is 0.0968. The SMILES string of the molecule is O=C(Cn1c(=O)oc(=O)c2ccccc21)c1ccc(F)cc1. The molecule has 3 rings (SSSR count). The van der Waals surface area contributed by atoms with Gasteiger partial charge in [0.1, 0.15) is 5.82 Å². The number of benzene rings is 2. The first-order valence-electron chi connectivity index (χ1n) is 6.48. The van der Waals surface area contributed by atoms with Crippen molar-refractivity contribution in [2.75, 3.05) is 0 Å². The number of hydrogen-bond acceptors (Lipinski definition) is 4. The minimum Gasteiger partial charge on any atom is -0.372 e. The third-order valence-corrected chi connectivity index (χ3v) is 3.28. The molecule has 0 fully saturated rings. The predicted octanol–water partition coefficient (Wildman–Crippen LogP) is 1.98. The highest BCUT2D eigenvalue weighted by atomic mass is 19.1. The normalized spacial score (nSPS) is 10.8. The maximum Gasteiger partial charge on any atom is 0.422 e. The number of hydrogen-bond donors (Lipinski definition) is 0. The van der Waals surface area contributed by atoms with Crippen molar-refractivity contribution in [3.63, 3.8) is 0 Å². The molecule has 2 aromatic carbocycles. The Labute approximate surface area is 123 Å². The van der Waals surface area contributed by atoms with Gasteiger partial charge in [0.2, 0.25) is 0 Å². The number of aromatic nitrogens is 1. The Hall–Kier alpha value is -3.02. The molecule has 110 valence electrons. The van der Waals surface area contributed by atoms with E-state index in [0.717, 1.165) is 4.57 Å². The number of ketones is 1. The van der Waals surface area contributed by atoms with Gasteiger partial charge < -0.3 is 4.42 Å². The Kier molecular flexibility index (Phi) is 3.42. The molecule has 0 amide bonds. The molecule has 0 radical (unpaired) electrons. The van der Waals surface area contributed by atoms with Crippen LogP contribution in [-0.4, -0.2) is 10.4 Å². The molecule has 5 nitrogen and oxygen atoms in total. The molecule has 0 atom stereocenters. The minimum absolute atomic E-state index is 0.217. The molecular formula is C16H10FNO4. The minimum atomic E-state index is -0.904. The summed E-state index contributed by atoms with van der Waals surface area (Å²) in [5.41, 5.74) is -0.158. The van der Waals surface area contributed by atoms with Gasteiger partial charge in [-0.15, -0.1) is 0 Å². The summed E-state index contributed by atoms with van der Waals surface area (Å²) in [6.45, 7) is -0.297. The predicted molar refractivity (Wildman–Crippen MR) is 77.5 cm³/mol. The summed E-state index contributed by atoms with van der Waals surface area (Å²) in [6, 6.07) is 11.4. The Morgan fingerprint density at radius 1 is 1.05 bits per heavy atom. The van der Waals surface area contributed by atoms with Gasteiger partial charge in [0, 0.05) is 5.56 Å². The molecule has 1 heterocycles. The molecule has 1 aromatic heterocycles. The van der Waals surface area contributed by atoms with Crippen molar-refractivity contribution in [1.82, 2.24) is 4.57 Å². The first-order chi connectivity index (χ1) is 10.6. The lowest BCUT2D eigenvalue weighted by Crippen LogP contribution is -2.28. The van der Waals surface area contributed by atoms with E-state index in [1.54, 1.807) is 18.2 Å². The zero-order valence-corrected chi connectivity index (χ0v) is 11.3. The Balaban J connectivity index is 2.07. The molecule has 0 aliphatic heterocycles. The lowest BCUT2D eigenvalue weighted by Gasteiger charge is -2.07. The Morgan fingerprint density at radius 2 is 1.73 bits per heavy atom. The van der Waals surface area contributed by atoms with Crippen molar-refractivity contribution in [3.05, 3.63) is 80.9 Å². The van der Waals surface area contributed by atoms with Gasteiger partial charge in [-0.2, -0.15) is 0 Å². The van der Waals surface area contributed by atoms with Crippen molar-refractivity contribution in [2.45, 2.75) is 6.54 Å². The van der Waals surface area contributed by atoms with Gasteiger partial charge in [0.05, 0.1) is 17.4 Å². The second-order valence-corrected chi connectivity index (χ2v) is 4.69. The maximum atomic E-state index is 12.9. The second kappa shape index (κ2) is 5.40. The summed E-state index contributed by atoms with van der Waals surface area (Å²) < 4.78 is 18.6. The summed E-state index contributed by atoms with van der Waals surface area (Å²) in [5.74, 6) is -1.75. The number of halogens is 1. The van der Waals surface area contributed by atoms with Gasteiger partial charge in [0.25, 0.3) is 0 Å². The van der Waals surface area contributed by atoms with E-state index < -0.39 is 17.2 Å². The summed E-state index contributed by atoms with van der Waals surface area (Å²) in [4.78, 5) is 35.7. The zero-order chi connectivity index (χ0) is 15.7. The zero-order valence-electron chi connectivity index (χ0n) is 11.3. The van der Waals surface area contributed by atoms with Crippen LogP contribution in [0.1, 0.15) is 10.4 Å². The number of Topliss-reactive ketones (excluding diaryl/α,β-unsaturated/α-hetero) is 1. The molecule has 0 aliphatic rings. The molecule has 0 bridgehead atoms. The highest BCUT2D eigenvalue weighted by Gasteiger charge is 2.13. The van der Waals surface area contributed by atoms with Crippen molar-refractivity contribution in [1.29, 1.82) is 0 Å². The molecule has 3 aromatic rings. The second-order valence-electron chi connectivity index (χ2n) is 4.69. The molecular weight excluding hydrogens is 289 g/mol. The topological polar surface area (TPSA) is 69.3 Å². The van der Waals surface area contributed by atoms with Gasteiger partial charge in [-0.05, 0) is 36.4 Å². The van der Waals surface area contributed by atoms with Gasteiger partial charge in [0.15, 0.2) is 5.78 Å². The smallest absolute Gasteiger partial charge is 0.372 e. The number of carbonyl (C=O) groups excluding carboxylic acids is 1. The van der Waals surface area contributed by atoms with Crippen LogP contribution in [0.5, 0.6) is 0 Å². The van der Waals surface area contributed by atoms with E-state index in [0.29, 0.717) is 5.52 Å². The number of fused-ring (bicyclic) bond motifs is 1. The van der Waals surface area contributed by atoms with E-state index in [1.807, 2.05) is 0 Å². The number of carbonyl (C=O) groups is 1. The van der Waals surface area contributed by atoms with E-state index >= 15 is 0 Å². The first kappa shape index (κ1) is 13.9. The first-order valence-corrected chi connectivity index (χ1v) is 6.48. The number of rotatable bonds is 3. The average Bonchev–Trinajstić information content (AvgIpc) is 2.52. The van der Waals surface area contributed by atoms with Crippen LogP contribution < -0.4 is 11.4 Å². The van der Waals surface area contributed by atoms with E-state index in [9.17, 15) is 18.8 Å². The fourth-order valence-electron chi connectivity index (χ4n) is 2.19. The standard InChI is InChI=1S/C16H10FNO4/c17-11-7-5-10(6-8-11)14(19)9-18-13-4-2-1-3-12(13)15(20)22-16(18)21/h1-8H,9H2. The van der Waals surface area contributed by atoms with E-state index in [-0.39, 0.29) is 23.3 Å². The third-order valence-electron chi connectivity index (χ3n) is 3.28. The van der Waals surface area contributed by atoms with E-state index in [1.165, 1.54) is 30.3 Å². The monoisotopic (exact) mass is 299 g/mol. The van der Waals surface area contributed by atoms with Crippen LogP contribution in [0.15, 0.2) is 62.5 Å². The third kappa shape index (κ3) is 2.46. The van der Waals surface area contributed by atoms with Gasteiger partial charge >= 0.3 is 11.4 Å². The molecule has 0 saturated heterocycles. The molecule has 0 spiro atoms. The van der Waals surface area contributed by atoms with Crippen LogP contribution in [0, 0.1) is 5.82 Å². The summed E-state index contributed by atoms with van der Waals surface area (Å²) >= 11 is 0. The van der Waals surface area contributed by atoms with Gasteiger partial charge in [-0.1, -0.05) is 12.1 Å². The average molecular weight is 299 g/mol. The number of para-hydroxylation sites is 1. The van der Waals surface area contributed by atoms with Crippen molar-refractivity contribution < 1.29 is 13.6 Å². The van der Waals surface area contributed by atoms with Crippen LogP contribution in [0.3, 0.4) is 0 Å². The fourth-order valence-corrected chi connectivity index (χ4v) is 2.19. The van der Waals surface area contributed by atoms with Crippen molar-refractivity contribution in [2.24, 2.45) is 0 Å². The quantitative estimate of drug-likeness (QED) is 0.693. The summed E-state index contributed by atoms with van der Waals surface area (Å²) in [5, 5.41) is 0.217. The van der Waals surface area contributed by atoms with Gasteiger partial charge in [-0.25, -0.2) is 14.0 Å². The van der Waals surface area contributed by atoms with Crippen LogP contribution >= 0.6 is 0 Å². The van der Waals surface area contributed by atoms with Crippen LogP contribution in [0.4, 0.5) is 4.39 Å². The molecule has 0 aliphatic carbocycles. The fraction of sp³-hybridized carbons (Fsp3) is 0.0625. The molecule has 0 N–H and O–H groups in total. The van der Waals surface area contributed by atoms with Crippen LogP contribution in [0.2, 0.25) is 0 Å².